The van der Waals surface area contributed by atoms with E-state index in [1.165, 1.54) is 37.8 Å². The monoisotopic (exact) mass is 581 g/mol. The summed E-state index contributed by atoms with van der Waals surface area (Å²) in [5.74, 6) is -8.15. The molecule has 0 aromatic heterocycles. The van der Waals surface area contributed by atoms with E-state index in [9.17, 15) is 39.6 Å². The molecule has 1 aliphatic heterocycles. The highest BCUT2D eigenvalue weighted by atomic mass is 32.2. The topological polar surface area (TPSA) is 83.9 Å². The first-order valence-electron chi connectivity index (χ1n) is 12.0. The van der Waals surface area contributed by atoms with Crippen LogP contribution in [-0.2, 0) is 20.8 Å². The lowest BCUT2D eigenvalue weighted by Gasteiger charge is -2.34. The van der Waals surface area contributed by atoms with Crippen molar-refractivity contribution in [2.24, 2.45) is 11.8 Å². The van der Waals surface area contributed by atoms with Crippen LogP contribution in [0.3, 0.4) is 0 Å². The van der Waals surface area contributed by atoms with Crippen molar-refractivity contribution in [3.05, 3.63) is 47.8 Å². The average molecular weight is 582 g/mol. The summed E-state index contributed by atoms with van der Waals surface area (Å²) in [6, 6.07) is 5.89. The van der Waals surface area contributed by atoms with Crippen molar-refractivity contribution in [3.8, 4) is 5.75 Å². The fourth-order valence-corrected chi connectivity index (χ4v) is 6.28. The molecule has 216 valence electrons. The number of hydrogen-bond donors (Lipinski definition) is 1. The van der Waals surface area contributed by atoms with Crippen molar-refractivity contribution in [2.75, 3.05) is 18.1 Å². The molecule has 0 amide bonds. The van der Waals surface area contributed by atoms with E-state index in [-0.39, 0.29) is 24.3 Å². The molecule has 2 aromatic rings. The average Bonchev–Trinajstić information content (AvgIpc) is 2.86. The van der Waals surface area contributed by atoms with Crippen molar-refractivity contribution in [1.29, 1.82) is 0 Å². The third-order valence-electron chi connectivity index (χ3n) is 7.01. The van der Waals surface area contributed by atoms with Crippen molar-refractivity contribution in [3.63, 3.8) is 0 Å². The number of carboxylic acids is 1. The number of carbonyl (C=O) groups is 1. The van der Waals surface area contributed by atoms with Gasteiger partial charge < -0.3 is 14.7 Å². The van der Waals surface area contributed by atoms with Crippen LogP contribution in [0.5, 0.6) is 5.75 Å². The van der Waals surface area contributed by atoms with Gasteiger partial charge in [0.25, 0.3) is 0 Å². The van der Waals surface area contributed by atoms with Crippen molar-refractivity contribution in [2.45, 2.75) is 62.3 Å². The Hall–Kier alpha value is -2.96. The number of ether oxygens (including phenoxy) is 1. The van der Waals surface area contributed by atoms with Gasteiger partial charge in [0.05, 0.1) is 26.8 Å². The highest BCUT2D eigenvalue weighted by Gasteiger charge is 2.49. The summed E-state index contributed by atoms with van der Waals surface area (Å²) in [6.07, 6.45) is -5.97. The molecular formula is C26H29F6NO5S. The molecule has 2 aromatic carbocycles. The number of anilines is 2. The number of halogens is 6. The number of rotatable bonds is 8. The van der Waals surface area contributed by atoms with Crippen LogP contribution in [0.15, 0.2) is 41.3 Å². The molecule has 0 spiro atoms. The lowest BCUT2D eigenvalue weighted by Crippen LogP contribution is -2.43. The molecule has 0 saturated heterocycles. The Morgan fingerprint density at radius 2 is 1.74 bits per heavy atom. The quantitative estimate of drug-likeness (QED) is 0.350. The molecule has 13 heteroatoms. The van der Waals surface area contributed by atoms with Crippen LogP contribution < -0.4 is 9.64 Å². The third-order valence-corrected chi connectivity index (χ3v) is 9.63. The maximum absolute atomic E-state index is 14.2. The second-order valence-corrected chi connectivity index (χ2v) is 12.9. The lowest BCUT2D eigenvalue weighted by molar-refractivity contribution is -0.142. The number of hydrogen-bond acceptors (Lipinski definition) is 5. The zero-order chi connectivity index (χ0) is 29.6. The van der Waals surface area contributed by atoms with Gasteiger partial charge in [0.15, 0.2) is 9.84 Å². The minimum absolute atomic E-state index is 0.153. The smallest absolute Gasteiger partial charge is 0.420 e. The number of benzene rings is 2. The molecule has 1 unspecified atom stereocenters. The van der Waals surface area contributed by atoms with Crippen LogP contribution in [0.2, 0.25) is 0 Å². The van der Waals surface area contributed by atoms with Crippen molar-refractivity contribution >= 4 is 27.2 Å². The summed E-state index contributed by atoms with van der Waals surface area (Å²) in [7, 11) is -4.49. The van der Waals surface area contributed by atoms with Gasteiger partial charge in [0, 0.05) is 24.7 Å². The van der Waals surface area contributed by atoms with E-state index in [1.807, 2.05) is 0 Å². The summed E-state index contributed by atoms with van der Waals surface area (Å²) < 4.78 is 115. The predicted molar refractivity (Wildman–Crippen MR) is 132 cm³/mol. The van der Waals surface area contributed by atoms with Gasteiger partial charge >= 0.3 is 12.1 Å². The van der Waals surface area contributed by atoms with Gasteiger partial charge in [-0.25, -0.2) is 21.6 Å². The Morgan fingerprint density at radius 3 is 2.26 bits per heavy atom. The molecular weight excluding hydrogens is 552 g/mol. The molecule has 1 aliphatic rings. The van der Waals surface area contributed by atoms with Gasteiger partial charge in [-0.05, 0) is 70.4 Å². The Bertz CT molecular complexity index is 1320. The molecule has 0 radical (unpaired) electrons. The number of aliphatic carboxylic acids is 1. The van der Waals surface area contributed by atoms with E-state index in [1.54, 1.807) is 0 Å². The van der Waals surface area contributed by atoms with Crippen molar-refractivity contribution < 1.29 is 49.4 Å². The maximum atomic E-state index is 14.2. The minimum atomic E-state index is -5.03. The fourth-order valence-electron chi connectivity index (χ4n) is 4.38. The maximum Gasteiger partial charge on any atom is 0.420 e. The van der Waals surface area contributed by atoms with Crippen LogP contribution in [0.25, 0.3) is 0 Å². The van der Waals surface area contributed by atoms with E-state index < -0.39 is 79.5 Å². The van der Waals surface area contributed by atoms with E-state index >= 15 is 0 Å². The summed E-state index contributed by atoms with van der Waals surface area (Å²) in [4.78, 5) is 11.9. The van der Waals surface area contributed by atoms with Gasteiger partial charge in [-0.1, -0.05) is 0 Å². The van der Waals surface area contributed by atoms with Gasteiger partial charge in [0.2, 0.25) is 5.92 Å². The minimum Gasteiger partial charge on any atom is -0.492 e. The highest BCUT2D eigenvalue weighted by molar-refractivity contribution is 7.93. The van der Waals surface area contributed by atoms with E-state index in [4.69, 9.17) is 9.84 Å². The van der Waals surface area contributed by atoms with Gasteiger partial charge in [0.1, 0.15) is 18.2 Å². The zero-order valence-electron chi connectivity index (χ0n) is 21.7. The summed E-state index contributed by atoms with van der Waals surface area (Å²) >= 11 is 0. The zero-order valence-corrected chi connectivity index (χ0v) is 22.5. The molecule has 0 saturated carbocycles. The van der Waals surface area contributed by atoms with E-state index in [2.05, 4.69) is 0 Å². The number of sulfone groups is 1. The number of fused-ring (bicyclic) bond motifs is 1. The normalized spacial score (nSPS) is 19.6. The molecule has 0 bridgehead atoms. The molecule has 39 heavy (non-hydrogen) atoms. The highest BCUT2D eigenvalue weighted by Crippen LogP contribution is 2.50. The molecule has 0 fully saturated rings. The SMILES string of the molecule is C[C@H](COc1cc2c(cc1C(F)(F)F)N(c1ccc(F)cc1)CC(CCC(C)(F)F)C(C)(C)S2(=O)=O)C(=O)O. The van der Waals surface area contributed by atoms with Gasteiger partial charge in [-0.3, -0.25) is 4.79 Å². The van der Waals surface area contributed by atoms with Crippen LogP contribution in [0.1, 0.15) is 46.1 Å². The van der Waals surface area contributed by atoms with Gasteiger partial charge in [-0.2, -0.15) is 13.2 Å². The first-order valence-corrected chi connectivity index (χ1v) is 13.5. The number of carboxylic acid groups (broad SMARTS) is 1. The first kappa shape index (κ1) is 30.6. The van der Waals surface area contributed by atoms with Crippen LogP contribution >= 0.6 is 0 Å². The van der Waals surface area contributed by atoms with Crippen LogP contribution in [0.4, 0.5) is 37.7 Å². The third kappa shape index (κ3) is 6.44. The van der Waals surface area contributed by atoms with Crippen LogP contribution in [0, 0.1) is 17.7 Å². The summed E-state index contributed by atoms with van der Waals surface area (Å²) in [5, 5.41) is 9.10. The van der Waals surface area contributed by atoms with Gasteiger partial charge in [-0.15, -0.1) is 0 Å². The number of nitrogens with zero attached hydrogens (tertiary/aromatic N) is 1. The molecule has 1 N–H and O–H groups in total. The second-order valence-electron chi connectivity index (χ2n) is 10.4. The van der Waals surface area contributed by atoms with E-state index in [0.717, 1.165) is 12.1 Å². The predicted octanol–water partition coefficient (Wildman–Crippen LogP) is 6.70. The Morgan fingerprint density at radius 1 is 1.15 bits per heavy atom. The van der Waals surface area contributed by atoms with Crippen molar-refractivity contribution in [1.82, 2.24) is 0 Å². The summed E-state index contributed by atoms with van der Waals surface area (Å²) in [5.41, 5.74) is -1.58. The Balaban J connectivity index is 2.30. The molecule has 6 nitrogen and oxygen atoms in total. The first-order chi connectivity index (χ1) is 17.8. The Kier molecular flexibility index (Phi) is 8.27. The molecule has 1 heterocycles. The molecule has 2 atom stereocenters. The second kappa shape index (κ2) is 10.5. The molecule has 3 rings (SSSR count). The van der Waals surface area contributed by atoms with E-state index in [0.29, 0.717) is 19.1 Å². The molecule has 0 aliphatic carbocycles. The standard InChI is InChI=1S/C26H29F6NO5S/c1-15(23(34)35)14-38-21-12-22-20(11-19(21)26(30,31)32)33(18-7-5-17(27)6-8-18)13-16(9-10-25(4,28)29)24(2,3)39(22,36)37/h5-8,11-12,15-16H,9-10,13-14H2,1-4H3,(H,34,35)/t15-,16?/m1/s1. The largest absolute Gasteiger partial charge is 0.492 e. The fraction of sp³-hybridized carbons (Fsp3) is 0.500. The lowest BCUT2D eigenvalue weighted by atomic mass is 9.88. The van der Waals surface area contributed by atoms with Crippen LogP contribution in [-0.4, -0.2) is 43.3 Å². The summed E-state index contributed by atoms with van der Waals surface area (Å²) in [6.45, 7) is 3.62. The Labute approximate surface area is 222 Å². The number of alkyl halides is 5.